The van der Waals surface area contributed by atoms with Gasteiger partial charge >= 0.3 is 0 Å². The van der Waals surface area contributed by atoms with Crippen LogP contribution in [0.2, 0.25) is 0 Å². The lowest BCUT2D eigenvalue weighted by atomic mass is 10.1. The SMILES string of the molecule is On1ccc(OCc2c(Br)cccc2CF)n1. The van der Waals surface area contributed by atoms with E-state index in [4.69, 9.17) is 9.94 Å². The summed E-state index contributed by atoms with van der Waals surface area (Å²) in [5.41, 5.74) is 1.31. The molecule has 6 heteroatoms. The van der Waals surface area contributed by atoms with E-state index in [1.807, 2.05) is 6.07 Å². The Hall–Kier alpha value is -1.56. The van der Waals surface area contributed by atoms with Gasteiger partial charge in [-0.2, -0.15) is 0 Å². The molecule has 0 radical (unpaired) electrons. The molecule has 0 amide bonds. The number of ether oxygens (including phenoxy) is 1. The lowest BCUT2D eigenvalue weighted by Crippen LogP contribution is -2.01. The number of rotatable bonds is 4. The van der Waals surface area contributed by atoms with E-state index >= 15 is 0 Å². The van der Waals surface area contributed by atoms with Crippen LogP contribution in [0, 0.1) is 0 Å². The van der Waals surface area contributed by atoms with Gasteiger partial charge in [0.15, 0.2) is 0 Å². The zero-order chi connectivity index (χ0) is 12.3. The molecule has 2 aromatic rings. The lowest BCUT2D eigenvalue weighted by molar-refractivity contribution is 0.141. The highest BCUT2D eigenvalue weighted by Gasteiger charge is 2.08. The van der Waals surface area contributed by atoms with E-state index in [-0.39, 0.29) is 12.5 Å². The molecular formula is C11H10BrFN2O2. The molecule has 1 aromatic carbocycles. The van der Waals surface area contributed by atoms with Crippen molar-refractivity contribution < 1.29 is 14.3 Å². The lowest BCUT2D eigenvalue weighted by Gasteiger charge is -2.09. The van der Waals surface area contributed by atoms with Gasteiger partial charge in [0.25, 0.3) is 0 Å². The molecule has 0 spiro atoms. The van der Waals surface area contributed by atoms with Crippen molar-refractivity contribution >= 4 is 15.9 Å². The molecule has 0 aliphatic rings. The predicted octanol–water partition coefficient (Wildman–Crippen LogP) is 2.93. The molecule has 0 bridgehead atoms. The fourth-order valence-electron chi connectivity index (χ4n) is 1.41. The van der Waals surface area contributed by atoms with Gasteiger partial charge in [0.1, 0.15) is 13.3 Å². The van der Waals surface area contributed by atoms with E-state index in [0.717, 1.165) is 10.0 Å². The molecule has 1 aromatic heterocycles. The van der Waals surface area contributed by atoms with Crippen LogP contribution < -0.4 is 4.74 Å². The van der Waals surface area contributed by atoms with Crippen LogP contribution in [0.25, 0.3) is 0 Å². The molecule has 1 N–H and O–H groups in total. The molecule has 0 aliphatic heterocycles. The summed E-state index contributed by atoms with van der Waals surface area (Å²) in [6, 6.07) is 6.81. The van der Waals surface area contributed by atoms with Crippen molar-refractivity contribution in [3.63, 3.8) is 0 Å². The van der Waals surface area contributed by atoms with Crippen molar-refractivity contribution in [1.29, 1.82) is 0 Å². The molecule has 0 fully saturated rings. The minimum absolute atomic E-state index is 0.192. The van der Waals surface area contributed by atoms with Gasteiger partial charge in [0.05, 0.1) is 6.20 Å². The van der Waals surface area contributed by atoms with Gasteiger partial charge in [0, 0.05) is 16.1 Å². The zero-order valence-corrected chi connectivity index (χ0v) is 10.4. The van der Waals surface area contributed by atoms with Crippen molar-refractivity contribution in [2.75, 3.05) is 0 Å². The molecule has 0 atom stereocenters. The number of nitrogens with zero attached hydrogens (tertiary/aromatic N) is 2. The third-order valence-corrected chi connectivity index (χ3v) is 3.02. The zero-order valence-electron chi connectivity index (χ0n) is 8.81. The maximum Gasteiger partial charge on any atom is 0.236 e. The van der Waals surface area contributed by atoms with Crippen LogP contribution in [0.5, 0.6) is 5.88 Å². The molecule has 4 nitrogen and oxygen atoms in total. The van der Waals surface area contributed by atoms with Crippen molar-refractivity contribution in [1.82, 2.24) is 9.94 Å². The Morgan fingerprint density at radius 3 is 2.88 bits per heavy atom. The molecule has 0 unspecified atom stereocenters. The summed E-state index contributed by atoms with van der Waals surface area (Å²) in [6.45, 7) is -0.357. The van der Waals surface area contributed by atoms with Gasteiger partial charge < -0.3 is 9.94 Å². The Morgan fingerprint density at radius 1 is 1.41 bits per heavy atom. The van der Waals surface area contributed by atoms with E-state index < -0.39 is 6.67 Å². The summed E-state index contributed by atoms with van der Waals surface area (Å²) in [4.78, 5) is 0.658. The molecule has 0 aliphatic carbocycles. The second-order valence-corrected chi connectivity index (χ2v) is 4.23. The Balaban J connectivity index is 2.13. The minimum atomic E-state index is -0.549. The number of benzene rings is 1. The van der Waals surface area contributed by atoms with Gasteiger partial charge in [0.2, 0.25) is 5.88 Å². The van der Waals surface area contributed by atoms with Crippen LogP contribution in [-0.2, 0) is 13.3 Å². The summed E-state index contributed by atoms with van der Waals surface area (Å²) in [5.74, 6) is 0.285. The fraction of sp³-hybridized carbons (Fsp3) is 0.182. The second-order valence-electron chi connectivity index (χ2n) is 3.37. The van der Waals surface area contributed by atoms with E-state index in [0.29, 0.717) is 10.4 Å². The van der Waals surface area contributed by atoms with Crippen molar-refractivity contribution in [3.8, 4) is 5.88 Å². The average Bonchev–Trinajstić information content (AvgIpc) is 2.73. The molecule has 0 saturated heterocycles. The quantitative estimate of drug-likeness (QED) is 0.883. The smallest absolute Gasteiger partial charge is 0.236 e. The number of alkyl halides is 1. The first-order valence-corrected chi connectivity index (χ1v) is 5.70. The summed E-state index contributed by atoms with van der Waals surface area (Å²) in [5, 5.41) is 12.6. The monoisotopic (exact) mass is 300 g/mol. The van der Waals surface area contributed by atoms with Crippen LogP contribution in [0.15, 0.2) is 34.9 Å². The van der Waals surface area contributed by atoms with Crippen LogP contribution in [0.4, 0.5) is 4.39 Å². The Morgan fingerprint density at radius 2 is 2.24 bits per heavy atom. The van der Waals surface area contributed by atoms with Gasteiger partial charge in [-0.15, -0.1) is 4.85 Å². The average molecular weight is 301 g/mol. The van der Waals surface area contributed by atoms with Crippen LogP contribution in [0.1, 0.15) is 11.1 Å². The number of aromatic nitrogens is 2. The van der Waals surface area contributed by atoms with Crippen molar-refractivity contribution in [2.45, 2.75) is 13.3 Å². The standard InChI is InChI=1S/C11H10BrFN2O2/c12-10-3-1-2-8(6-13)9(10)7-17-11-4-5-15(16)14-11/h1-5,16H,6-7H2. The molecule has 2 rings (SSSR count). The molecule has 90 valence electrons. The van der Waals surface area contributed by atoms with Crippen LogP contribution in [0.3, 0.4) is 0 Å². The topological polar surface area (TPSA) is 47.3 Å². The summed E-state index contributed by atoms with van der Waals surface area (Å²) in [7, 11) is 0. The number of hydrogen-bond acceptors (Lipinski definition) is 3. The van der Waals surface area contributed by atoms with Gasteiger partial charge in [-0.05, 0) is 11.6 Å². The van der Waals surface area contributed by atoms with E-state index in [9.17, 15) is 4.39 Å². The van der Waals surface area contributed by atoms with E-state index in [2.05, 4.69) is 21.0 Å². The Bertz CT molecular complexity index is 516. The first-order valence-electron chi connectivity index (χ1n) is 4.90. The molecule has 0 saturated carbocycles. The highest BCUT2D eigenvalue weighted by atomic mass is 79.9. The highest BCUT2D eigenvalue weighted by molar-refractivity contribution is 9.10. The second kappa shape index (κ2) is 5.18. The third kappa shape index (κ3) is 2.76. The van der Waals surface area contributed by atoms with Crippen LogP contribution >= 0.6 is 15.9 Å². The molecule has 1 heterocycles. The van der Waals surface area contributed by atoms with Gasteiger partial charge in [-0.3, -0.25) is 0 Å². The van der Waals surface area contributed by atoms with E-state index in [1.54, 1.807) is 12.1 Å². The fourth-order valence-corrected chi connectivity index (χ4v) is 1.93. The van der Waals surface area contributed by atoms with Crippen molar-refractivity contribution in [3.05, 3.63) is 46.1 Å². The number of hydrogen-bond donors (Lipinski definition) is 1. The highest BCUT2D eigenvalue weighted by Crippen LogP contribution is 2.23. The van der Waals surface area contributed by atoms with Crippen molar-refractivity contribution in [2.24, 2.45) is 0 Å². The summed E-state index contributed by atoms with van der Waals surface area (Å²) < 4.78 is 18.9. The molecular weight excluding hydrogens is 291 g/mol. The Labute approximate surface area is 106 Å². The minimum Gasteiger partial charge on any atom is -0.472 e. The Kier molecular flexibility index (Phi) is 3.63. The first kappa shape index (κ1) is 11.9. The number of halogens is 2. The van der Waals surface area contributed by atoms with E-state index in [1.165, 1.54) is 12.3 Å². The van der Waals surface area contributed by atoms with Gasteiger partial charge in [-0.1, -0.05) is 33.2 Å². The first-order chi connectivity index (χ1) is 8.20. The van der Waals surface area contributed by atoms with Gasteiger partial charge in [-0.25, -0.2) is 4.39 Å². The summed E-state index contributed by atoms with van der Waals surface area (Å²) >= 11 is 3.35. The summed E-state index contributed by atoms with van der Waals surface area (Å²) in [6.07, 6.45) is 1.35. The predicted molar refractivity (Wildman–Crippen MR) is 62.7 cm³/mol. The normalized spacial score (nSPS) is 10.5. The maximum absolute atomic E-state index is 12.8. The van der Waals surface area contributed by atoms with Crippen LogP contribution in [-0.4, -0.2) is 15.2 Å². The largest absolute Gasteiger partial charge is 0.472 e. The maximum atomic E-state index is 12.8. The molecule has 17 heavy (non-hydrogen) atoms. The third-order valence-electron chi connectivity index (χ3n) is 2.28.